The first-order chi connectivity index (χ1) is 15.3. The molecule has 1 amide bonds. The summed E-state index contributed by atoms with van der Waals surface area (Å²) in [5, 5.41) is 31.3. The van der Waals surface area contributed by atoms with Crippen LogP contribution in [0, 0.1) is 0 Å². The Bertz CT molecular complexity index is 910. The summed E-state index contributed by atoms with van der Waals surface area (Å²) in [4.78, 5) is 10.8. The average molecular weight is 482 g/mol. The van der Waals surface area contributed by atoms with Crippen LogP contribution < -0.4 is 10.5 Å². The predicted molar refractivity (Wildman–Crippen MR) is 124 cm³/mol. The van der Waals surface area contributed by atoms with Crippen LogP contribution in [-0.2, 0) is 16.0 Å². The highest BCUT2D eigenvalue weighted by Crippen LogP contribution is 2.37. The van der Waals surface area contributed by atoms with E-state index in [1.807, 2.05) is 30.3 Å². The molecule has 0 radical (unpaired) electrons. The smallest absolute Gasteiger partial charge is 0.217 e. The fraction of sp³-hybridized carbons (Fsp3) is 0.435. The highest BCUT2D eigenvalue weighted by Gasteiger charge is 2.44. The van der Waals surface area contributed by atoms with Gasteiger partial charge in [-0.3, -0.25) is 4.79 Å². The van der Waals surface area contributed by atoms with Gasteiger partial charge in [0.2, 0.25) is 5.91 Å². The molecule has 0 saturated carbocycles. The zero-order valence-corrected chi connectivity index (χ0v) is 19.3. The molecule has 1 aliphatic heterocycles. The van der Waals surface area contributed by atoms with Crippen LogP contribution in [0.4, 0.5) is 0 Å². The Hall–Kier alpha value is -1.81. The number of aliphatic hydroxyl groups is 3. The number of thioether (sulfide) groups is 1. The molecule has 1 aliphatic rings. The number of amides is 1. The van der Waals surface area contributed by atoms with Crippen molar-refractivity contribution in [3.8, 4) is 5.75 Å². The molecular weight excluding hydrogens is 454 g/mol. The monoisotopic (exact) mass is 481 g/mol. The third kappa shape index (κ3) is 6.15. The van der Waals surface area contributed by atoms with Crippen molar-refractivity contribution in [2.75, 3.05) is 12.9 Å². The fourth-order valence-electron chi connectivity index (χ4n) is 3.59. The van der Waals surface area contributed by atoms with Crippen LogP contribution in [0.1, 0.15) is 35.6 Å². The van der Waals surface area contributed by atoms with E-state index in [1.165, 1.54) is 11.8 Å². The first-order valence-electron chi connectivity index (χ1n) is 10.3. The van der Waals surface area contributed by atoms with Crippen LogP contribution in [0.25, 0.3) is 0 Å². The van der Waals surface area contributed by atoms with E-state index in [0.29, 0.717) is 42.2 Å². The number of nitrogens with two attached hydrogens (primary N) is 1. The van der Waals surface area contributed by atoms with Gasteiger partial charge >= 0.3 is 0 Å². The summed E-state index contributed by atoms with van der Waals surface area (Å²) in [5.74, 6) is 0.358. The zero-order chi connectivity index (χ0) is 23.3. The molecule has 0 unspecified atom stereocenters. The van der Waals surface area contributed by atoms with Gasteiger partial charge in [-0.2, -0.15) is 0 Å². The second-order valence-corrected chi connectivity index (χ2v) is 9.07. The Morgan fingerprint density at radius 3 is 2.50 bits per heavy atom. The number of hydrogen-bond acceptors (Lipinski definition) is 7. The molecule has 5 atom stereocenters. The molecule has 1 fully saturated rings. The highest BCUT2D eigenvalue weighted by molar-refractivity contribution is 7.99. The number of carbonyl (C=O) groups is 1. The van der Waals surface area contributed by atoms with E-state index in [-0.39, 0.29) is 5.91 Å². The lowest BCUT2D eigenvalue weighted by Gasteiger charge is -2.40. The molecule has 2 aromatic carbocycles. The van der Waals surface area contributed by atoms with Crippen LogP contribution in [0.2, 0.25) is 5.02 Å². The van der Waals surface area contributed by atoms with Gasteiger partial charge in [0.1, 0.15) is 35.6 Å². The van der Waals surface area contributed by atoms with Crippen molar-refractivity contribution in [2.24, 2.45) is 5.73 Å². The molecule has 5 N–H and O–H groups in total. The van der Waals surface area contributed by atoms with E-state index >= 15 is 0 Å². The zero-order valence-electron chi connectivity index (χ0n) is 17.7. The molecule has 0 aromatic heterocycles. The van der Waals surface area contributed by atoms with Gasteiger partial charge in [0.25, 0.3) is 0 Å². The van der Waals surface area contributed by atoms with Crippen molar-refractivity contribution in [2.45, 2.75) is 49.1 Å². The topological polar surface area (TPSA) is 122 Å². The molecule has 0 bridgehead atoms. The van der Waals surface area contributed by atoms with E-state index in [0.717, 1.165) is 11.1 Å². The van der Waals surface area contributed by atoms with E-state index < -0.39 is 29.9 Å². The molecule has 3 rings (SSSR count). The number of rotatable bonds is 9. The summed E-state index contributed by atoms with van der Waals surface area (Å²) in [7, 11) is 0. The minimum absolute atomic E-state index is 0.292. The van der Waals surface area contributed by atoms with Crippen molar-refractivity contribution >= 4 is 29.3 Å². The minimum Gasteiger partial charge on any atom is -0.494 e. The molecule has 1 heterocycles. The Balaban J connectivity index is 1.69. The first kappa shape index (κ1) is 24.8. The molecule has 0 spiro atoms. The Morgan fingerprint density at radius 2 is 1.84 bits per heavy atom. The quantitative estimate of drug-likeness (QED) is 0.406. The van der Waals surface area contributed by atoms with Gasteiger partial charge in [0.15, 0.2) is 0 Å². The van der Waals surface area contributed by atoms with Crippen LogP contribution in [-0.4, -0.2) is 57.8 Å². The second-order valence-electron chi connectivity index (χ2n) is 7.72. The fourth-order valence-corrected chi connectivity index (χ4v) is 4.44. The third-order valence-corrected chi connectivity index (χ3v) is 6.58. The largest absolute Gasteiger partial charge is 0.494 e. The number of primary amides is 1. The van der Waals surface area contributed by atoms with Crippen LogP contribution in [0.15, 0.2) is 42.5 Å². The lowest BCUT2D eigenvalue weighted by molar-refractivity contribution is -0.200. The van der Waals surface area contributed by atoms with Gasteiger partial charge in [0, 0.05) is 11.4 Å². The van der Waals surface area contributed by atoms with Gasteiger partial charge in [-0.15, -0.1) is 11.8 Å². The van der Waals surface area contributed by atoms with Crippen LogP contribution in [0.5, 0.6) is 5.75 Å². The molecule has 1 saturated heterocycles. The Labute approximate surface area is 196 Å². The SMILES string of the molecule is CS[C@H]1O[C@@H](c2ccc(Cl)c(Cc3ccc(OCCCC(N)=O)cc3)c2)[C@H](O)[C@@H](O)[C@@H]1O. The Morgan fingerprint density at radius 1 is 1.12 bits per heavy atom. The maximum atomic E-state index is 10.8. The number of hydrogen-bond donors (Lipinski definition) is 4. The molecule has 0 aliphatic carbocycles. The van der Waals surface area contributed by atoms with Gasteiger partial charge in [0.05, 0.1) is 6.61 Å². The number of carbonyl (C=O) groups excluding carboxylic acids is 1. The lowest BCUT2D eigenvalue weighted by atomic mass is 9.92. The molecule has 9 heteroatoms. The van der Waals surface area contributed by atoms with Gasteiger partial charge < -0.3 is 30.5 Å². The van der Waals surface area contributed by atoms with Crippen molar-refractivity contribution in [1.82, 2.24) is 0 Å². The van der Waals surface area contributed by atoms with Crippen molar-refractivity contribution in [3.63, 3.8) is 0 Å². The van der Waals surface area contributed by atoms with E-state index in [1.54, 1.807) is 18.4 Å². The summed E-state index contributed by atoms with van der Waals surface area (Å²) in [5.41, 5.74) is 7.00. The average Bonchev–Trinajstić information content (AvgIpc) is 2.78. The molecule has 2 aromatic rings. The summed E-state index contributed by atoms with van der Waals surface area (Å²) >= 11 is 7.68. The number of aliphatic hydroxyl groups excluding tert-OH is 3. The molecule has 174 valence electrons. The maximum absolute atomic E-state index is 10.8. The number of ether oxygens (including phenoxy) is 2. The van der Waals surface area contributed by atoms with Gasteiger partial charge in [-0.25, -0.2) is 0 Å². The minimum atomic E-state index is -1.30. The Kier molecular flexibility index (Phi) is 8.81. The van der Waals surface area contributed by atoms with Crippen molar-refractivity contribution in [3.05, 3.63) is 64.2 Å². The molecule has 32 heavy (non-hydrogen) atoms. The maximum Gasteiger partial charge on any atom is 0.217 e. The summed E-state index contributed by atoms with van der Waals surface area (Å²) in [6.07, 6.45) is -1.33. The normalized spacial score (nSPS) is 25.5. The third-order valence-electron chi connectivity index (χ3n) is 5.35. The standard InChI is InChI=1S/C23H28ClNO6S/c1-32-23-21(29)19(27)20(28)22(31-23)14-6-9-17(24)15(12-14)11-13-4-7-16(8-5-13)30-10-2-3-18(25)26/h4-9,12,19-23,27-29H,2-3,10-11H2,1H3,(H2,25,26)/t19-,20-,21+,22+,23-/m1/s1. The predicted octanol–water partition coefficient (Wildman–Crippen LogP) is 2.42. The molecule has 7 nitrogen and oxygen atoms in total. The van der Waals surface area contributed by atoms with E-state index in [9.17, 15) is 20.1 Å². The van der Waals surface area contributed by atoms with Crippen LogP contribution >= 0.6 is 23.4 Å². The van der Waals surface area contributed by atoms with Crippen molar-refractivity contribution < 1.29 is 29.6 Å². The lowest BCUT2D eigenvalue weighted by Crippen LogP contribution is -2.52. The van der Waals surface area contributed by atoms with Crippen LogP contribution in [0.3, 0.4) is 0 Å². The van der Waals surface area contributed by atoms with E-state index in [4.69, 9.17) is 26.8 Å². The first-order valence-corrected chi connectivity index (χ1v) is 12.0. The number of halogens is 1. The molecular formula is C23H28ClNO6S. The summed E-state index contributed by atoms with van der Waals surface area (Å²) in [6.45, 7) is 0.414. The van der Waals surface area contributed by atoms with Crippen molar-refractivity contribution in [1.29, 1.82) is 0 Å². The van der Waals surface area contributed by atoms with Gasteiger partial charge in [-0.05, 0) is 54.0 Å². The van der Waals surface area contributed by atoms with E-state index in [2.05, 4.69) is 0 Å². The second kappa shape index (κ2) is 11.4. The summed E-state index contributed by atoms with van der Waals surface area (Å²) < 4.78 is 11.5. The summed E-state index contributed by atoms with van der Waals surface area (Å²) in [6, 6.07) is 12.9. The highest BCUT2D eigenvalue weighted by atomic mass is 35.5. The van der Waals surface area contributed by atoms with Gasteiger partial charge in [-0.1, -0.05) is 35.9 Å². The number of benzene rings is 2.